The molecule has 0 aromatic carbocycles. The third-order valence-electron chi connectivity index (χ3n) is 2.31. The van der Waals surface area contributed by atoms with Gasteiger partial charge in [-0.2, -0.15) is 0 Å². The standard InChI is InChI=1S/C14H21FN2O4/c1-9(6-17-13(19)21-14(2,3)4)20-12-10(8-18)5-11(15)7-16-12/h5,7,9,18H,6,8H2,1-4H3,(H,17,19)/t9-/m0/s1. The number of aliphatic hydroxyl groups is 1. The predicted molar refractivity (Wildman–Crippen MR) is 74.4 cm³/mol. The Balaban J connectivity index is 2.51. The minimum Gasteiger partial charge on any atom is -0.473 e. The summed E-state index contributed by atoms with van der Waals surface area (Å²) in [5.74, 6) is -0.414. The first-order chi connectivity index (χ1) is 9.71. The lowest BCUT2D eigenvalue weighted by Crippen LogP contribution is -2.37. The molecule has 1 aromatic rings. The van der Waals surface area contributed by atoms with E-state index in [2.05, 4.69) is 10.3 Å². The molecule has 2 N–H and O–H groups in total. The van der Waals surface area contributed by atoms with E-state index >= 15 is 0 Å². The Labute approximate surface area is 123 Å². The second-order valence-electron chi connectivity index (χ2n) is 5.59. The summed E-state index contributed by atoms with van der Waals surface area (Å²) in [6.45, 7) is 6.82. The second-order valence-corrected chi connectivity index (χ2v) is 5.59. The van der Waals surface area contributed by atoms with E-state index < -0.39 is 23.6 Å². The zero-order chi connectivity index (χ0) is 16.0. The van der Waals surface area contributed by atoms with E-state index in [9.17, 15) is 9.18 Å². The van der Waals surface area contributed by atoms with Crippen molar-refractivity contribution in [3.8, 4) is 5.88 Å². The van der Waals surface area contributed by atoms with Crippen LogP contribution in [0.5, 0.6) is 5.88 Å². The topological polar surface area (TPSA) is 80.7 Å². The van der Waals surface area contributed by atoms with Crippen molar-refractivity contribution in [1.82, 2.24) is 10.3 Å². The molecule has 0 aliphatic heterocycles. The lowest BCUT2D eigenvalue weighted by molar-refractivity contribution is 0.0503. The molecule has 0 aliphatic carbocycles. The molecule has 7 heteroatoms. The summed E-state index contributed by atoms with van der Waals surface area (Å²) in [5.41, 5.74) is -0.323. The Bertz CT molecular complexity index is 488. The third kappa shape index (κ3) is 6.40. The highest BCUT2D eigenvalue weighted by Crippen LogP contribution is 2.17. The highest BCUT2D eigenvalue weighted by atomic mass is 19.1. The summed E-state index contributed by atoms with van der Waals surface area (Å²) >= 11 is 0. The molecule has 0 aliphatic rings. The second kappa shape index (κ2) is 7.21. The maximum absolute atomic E-state index is 13.0. The van der Waals surface area contributed by atoms with Gasteiger partial charge in [0.1, 0.15) is 17.5 Å². The van der Waals surface area contributed by atoms with Crippen molar-refractivity contribution in [1.29, 1.82) is 0 Å². The number of nitrogens with one attached hydrogen (secondary N) is 1. The quantitative estimate of drug-likeness (QED) is 0.869. The van der Waals surface area contributed by atoms with Gasteiger partial charge in [0.2, 0.25) is 5.88 Å². The van der Waals surface area contributed by atoms with E-state index in [1.165, 1.54) is 0 Å². The largest absolute Gasteiger partial charge is 0.473 e. The van der Waals surface area contributed by atoms with Crippen LogP contribution >= 0.6 is 0 Å². The van der Waals surface area contributed by atoms with E-state index in [0.717, 1.165) is 12.3 Å². The molecule has 0 spiro atoms. The lowest BCUT2D eigenvalue weighted by Gasteiger charge is -2.21. The Morgan fingerprint density at radius 1 is 1.52 bits per heavy atom. The van der Waals surface area contributed by atoms with Crippen molar-refractivity contribution in [2.45, 2.75) is 46.0 Å². The highest BCUT2D eigenvalue weighted by molar-refractivity contribution is 5.67. The van der Waals surface area contributed by atoms with Gasteiger partial charge in [0.25, 0.3) is 0 Å². The molecule has 118 valence electrons. The zero-order valence-electron chi connectivity index (χ0n) is 12.6. The first-order valence-electron chi connectivity index (χ1n) is 6.60. The maximum Gasteiger partial charge on any atom is 0.407 e. The van der Waals surface area contributed by atoms with E-state index in [-0.39, 0.29) is 24.6 Å². The van der Waals surface area contributed by atoms with Gasteiger partial charge in [0.05, 0.1) is 19.3 Å². The molecular weight excluding hydrogens is 279 g/mol. The number of rotatable bonds is 5. The minimum atomic E-state index is -0.573. The number of nitrogens with zero attached hydrogens (tertiary/aromatic N) is 1. The third-order valence-corrected chi connectivity index (χ3v) is 2.31. The number of aromatic nitrogens is 1. The van der Waals surface area contributed by atoms with Crippen LogP contribution in [0.4, 0.5) is 9.18 Å². The molecular formula is C14H21FN2O4. The highest BCUT2D eigenvalue weighted by Gasteiger charge is 2.17. The molecule has 1 rings (SSSR count). The fraction of sp³-hybridized carbons (Fsp3) is 0.571. The van der Waals surface area contributed by atoms with Crippen LogP contribution in [0, 0.1) is 5.82 Å². The molecule has 0 saturated carbocycles. The van der Waals surface area contributed by atoms with E-state index in [4.69, 9.17) is 14.6 Å². The van der Waals surface area contributed by atoms with Crippen LogP contribution in [-0.2, 0) is 11.3 Å². The summed E-state index contributed by atoms with van der Waals surface area (Å²) < 4.78 is 23.5. The zero-order valence-corrected chi connectivity index (χ0v) is 12.6. The van der Waals surface area contributed by atoms with Gasteiger partial charge in [-0.15, -0.1) is 0 Å². The Hall–Kier alpha value is -1.89. The molecule has 1 heterocycles. The van der Waals surface area contributed by atoms with Gasteiger partial charge in [-0.1, -0.05) is 0 Å². The van der Waals surface area contributed by atoms with Gasteiger partial charge in [0, 0.05) is 5.56 Å². The average Bonchev–Trinajstić information content (AvgIpc) is 2.36. The molecule has 21 heavy (non-hydrogen) atoms. The van der Waals surface area contributed by atoms with Crippen LogP contribution in [0.1, 0.15) is 33.3 Å². The number of pyridine rings is 1. The lowest BCUT2D eigenvalue weighted by atomic mass is 10.2. The van der Waals surface area contributed by atoms with Crippen molar-refractivity contribution >= 4 is 6.09 Å². The number of hydrogen-bond acceptors (Lipinski definition) is 5. The number of amides is 1. The van der Waals surface area contributed by atoms with Crippen molar-refractivity contribution < 1.29 is 23.8 Å². The average molecular weight is 300 g/mol. The Morgan fingerprint density at radius 3 is 2.76 bits per heavy atom. The predicted octanol–water partition coefficient (Wildman–Crippen LogP) is 2.01. The molecule has 0 fully saturated rings. The number of carbonyl (C=O) groups excluding carboxylic acids is 1. The van der Waals surface area contributed by atoms with Crippen LogP contribution in [0.3, 0.4) is 0 Å². The van der Waals surface area contributed by atoms with Crippen LogP contribution in [0.25, 0.3) is 0 Å². The Kier molecular flexibility index (Phi) is 5.90. The first-order valence-corrected chi connectivity index (χ1v) is 6.60. The van der Waals surface area contributed by atoms with Crippen LogP contribution < -0.4 is 10.1 Å². The van der Waals surface area contributed by atoms with Gasteiger partial charge < -0.3 is 19.9 Å². The molecule has 0 bridgehead atoms. The SMILES string of the molecule is C[C@@H](CNC(=O)OC(C)(C)C)Oc1ncc(F)cc1CO. The van der Waals surface area contributed by atoms with E-state index in [0.29, 0.717) is 0 Å². The number of carbonyl (C=O) groups is 1. The van der Waals surface area contributed by atoms with Crippen LogP contribution in [-0.4, -0.2) is 34.4 Å². The summed E-state index contributed by atoms with van der Waals surface area (Å²) in [6, 6.07) is 1.15. The monoisotopic (exact) mass is 300 g/mol. The number of aliphatic hydroxyl groups excluding tert-OH is 1. The van der Waals surface area contributed by atoms with E-state index in [1.807, 2.05) is 0 Å². The van der Waals surface area contributed by atoms with Crippen LogP contribution in [0.15, 0.2) is 12.3 Å². The number of alkyl carbamates (subject to hydrolysis) is 1. The van der Waals surface area contributed by atoms with Gasteiger partial charge >= 0.3 is 6.09 Å². The smallest absolute Gasteiger partial charge is 0.407 e. The molecule has 0 unspecified atom stereocenters. The number of ether oxygens (including phenoxy) is 2. The van der Waals surface area contributed by atoms with Crippen molar-refractivity contribution in [3.63, 3.8) is 0 Å². The fourth-order valence-corrected chi connectivity index (χ4v) is 1.46. The molecule has 1 atom stereocenters. The van der Waals surface area contributed by atoms with Crippen molar-refractivity contribution in [2.75, 3.05) is 6.54 Å². The van der Waals surface area contributed by atoms with Crippen molar-refractivity contribution in [2.24, 2.45) is 0 Å². The first kappa shape index (κ1) is 17.2. The summed E-state index contributed by atoms with van der Waals surface area (Å²) in [5, 5.41) is 11.7. The molecule has 0 saturated heterocycles. The minimum absolute atomic E-state index is 0.136. The molecule has 1 amide bonds. The number of hydrogen-bond donors (Lipinski definition) is 2. The van der Waals surface area contributed by atoms with Gasteiger partial charge in [-0.3, -0.25) is 0 Å². The normalized spacial score (nSPS) is 12.7. The fourth-order valence-electron chi connectivity index (χ4n) is 1.46. The molecule has 0 radical (unpaired) electrons. The summed E-state index contributed by atoms with van der Waals surface area (Å²) in [4.78, 5) is 15.3. The van der Waals surface area contributed by atoms with Crippen LogP contribution in [0.2, 0.25) is 0 Å². The number of halogens is 1. The molecule has 6 nitrogen and oxygen atoms in total. The van der Waals surface area contributed by atoms with E-state index in [1.54, 1.807) is 27.7 Å². The van der Waals surface area contributed by atoms with Gasteiger partial charge in [-0.05, 0) is 33.8 Å². The summed E-state index contributed by atoms with van der Waals surface area (Å²) in [7, 11) is 0. The van der Waals surface area contributed by atoms with Crippen molar-refractivity contribution in [3.05, 3.63) is 23.6 Å². The molecule has 1 aromatic heterocycles. The van der Waals surface area contributed by atoms with Gasteiger partial charge in [-0.25, -0.2) is 14.2 Å². The maximum atomic E-state index is 13.0. The Morgan fingerprint density at radius 2 is 2.19 bits per heavy atom. The summed E-state index contributed by atoms with van der Waals surface area (Å²) in [6.07, 6.45) is 0.0378. The van der Waals surface area contributed by atoms with Gasteiger partial charge in [0.15, 0.2) is 0 Å².